The number of rotatable bonds is 7. The molecule has 0 aromatic carbocycles. The van der Waals surface area contributed by atoms with Crippen molar-refractivity contribution in [2.45, 2.75) is 46.3 Å². The summed E-state index contributed by atoms with van der Waals surface area (Å²) in [5, 5.41) is 11.9. The van der Waals surface area contributed by atoms with Crippen LogP contribution in [-0.4, -0.2) is 23.3 Å². The number of nitrogens with one attached hydrogen (secondary N) is 2. The fourth-order valence-corrected chi connectivity index (χ4v) is 4.23. The quantitative estimate of drug-likeness (QED) is 0.643. The topological polar surface area (TPSA) is 84.0 Å². The van der Waals surface area contributed by atoms with Crippen LogP contribution in [0, 0.1) is 29.1 Å². The number of fused-ring (bicyclic) bond motifs is 1. The molecule has 142 valence electrons. The summed E-state index contributed by atoms with van der Waals surface area (Å²) in [5.74, 6) is 2.23. The van der Waals surface area contributed by atoms with Crippen LogP contribution in [0.4, 0.5) is 14.6 Å². The van der Waals surface area contributed by atoms with Gasteiger partial charge in [0.05, 0.1) is 5.71 Å². The third-order valence-electron chi connectivity index (χ3n) is 5.36. The van der Waals surface area contributed by atoms with Crippen molar-refractivity contribution in [3.8, 4) is 5.75 Å². The van der Waals surface area contributed by atoms with Gasteiger partial charge < -0.3 is 21.2 Å². The van der Waals surface area contributed by atoms with Crippen molar-refractivity contribution in [3.05, 3.63) is 29.6 Å². The number of halogens is 2. The summed E-state index contributed by atoms with van der Waals surface area (Å²) in [5.41, 5.74) is 7.23. The number of nitrogen functional groups attached to an aromatic ring is 1. The molecule has 5 nitrogen and oxygen atoms in total. The first-order valence-corrected chi connectivity index (χ1v) is 9.05. The maximum Gasteiger partial charge on any atom is 0.387 e. The monoisotopic (exact) mass is 364 g/mol. The molecular weight excluding hydrogens is 338 g/mol. The van der Waals surface area contributed by atoms with Crippen molar-refractivity contribution in [3.63, 3.8) is 0 Å². The molecule has 1 heterocycles. The zero-order valence-electron chi connectivity index (χ0n) is 15.3. The Labute approximate surface area is 152 Å². The molecule has 26 heavy (non-hydrogen) atoms. The van der Waals surface area contributed by atoms with Crippen LogP contribution in [0.3, 0.4) is 0 Å². The minimum Gasteiger partial charge on any atom is -0.431 e. The number of pyridine rings is 1. The molecule has 2 aliphatic rings. The summed E-state index contributed by atoms with van der Waals surface area (Å²) in [6.07, 6.45) is 5.72. The third kappa shape index (κ3) is 3.81. The molecule has 0 saturated heterocycles. The van der Waals surface area contributed by atoms with E-state index >= 15 is 0 Å². The lowest BCUT2D eigenvalue weighted by Gasteiger charge is -2.18. The average molecular weight is 364 g/mol. The Morgan fingerprint density at radius 1 is 1.42 bits per heavy atom. The second kappa shape index (κ2) is 7.21. The number of allylic oxidation sites excluding steroid dienone is 2. The molecular formula is C19H26F2N4O. The predicted octanol–water partition coefficient (Wildman–Crippen LogP) is 3.81. The summed E-state index contributed by atoms with van der Waals surface area (Å²) in [6.45, 7) is 3.45. The van der Waals surface area contributed by atoms with Crippen molar-refractivity contribution in [2.75, 3.05) is 5.73 Å². The van der Waals surface area contributed by atoms with E-state index < -0.39 is 6.61 Å². The molecule has 0 radical (unpaired) electrons. The average Bonchev–Trinajstić information content (AvgIpc) is 3.16. The summed E-state index contributed by atoms with van der Waals surface area (Å²) in [7, 11) is 0. The molecule has 1 aromatic heterocycles. The van der Waals surface area contributed by atoms with Gasteiger partial charge in [0, 0.05) is 29.4 Å². The molecule has 2 fully saturated rings. The SMILES string of the molecule is CC(C)N/C(=C\C(=N)c1cnc(N)c(OC(F)F)c1)[C@H]1[C@@H]2CCC(C)[C@@H]21. The maximum absolute atomic E-state index is 12.5. The molecule has 7 heteroatoms. The van der Waals surface area contributed by atoms with Crippen LogP contribution < -0.4 is 15.8 Å². The minimum absolute atomic E-state index is 0.114. The molecule has 0 amide bonds. The van der Waals surface area contributed by atoms with Crippen LogP contribution in [-0.2, 0) is 0 Å². The second-order valence-corrected chi connectivity index (χ2v) is 7.62. The van der Waals surface area contributed by atoms with E-state index in [1.54, 1.807) is 6.08 Å². The zero-order valence-corrected chi connectivity index (χ0v) is 15.3. The van der Waals surface area contributed by atoms with Gasteiger partial charge in [-0.15, -0.1) is 0 Å². The van der Waals surface area contributed by atoms with Crippen molar-refractivity contribution < 1.29 is 13.5 Å². The Hall–Kier alpha value is -2.18. The number of hydrogen-bond donors (Lipinski definition) is 3. The molecule has 0 bridgehead atoms. The van der Waals surface area contributed by atoms with Crippen molar-refractivity contribution in [1.29, 1.82) is 5.41 Å². The highest BCUT2D eigenvalue weighted by atomic mass is 19.3. The maximum atomic E-state index is 12.5. The summed E-state index contributed by atoms with van der Waals surface area (Å²) in [6, 6.07) is 1.60. The zero-order chi connectivity index (χ0) is 19.0. The van der Waals surface area contributed by atoms with E-state index in [4.69, 9.17) is 11.1 Å². The highest BCUT2D eigenvalue weighted by Crippen LogP contribution is 2.62. The standard InChI is InChI=1S/C19H26F2N4O/c1-9(2)25-14(17-12-5-4-10(3)16(12)17)7-13(22)11-6-15(26-19(20)21)18(23)24-8-11/h6-10,12,16-17,19,22,25H,4-5H2,1-3H3,(H2,23,24)/b14-7-,22-13?/t10?,12-,16+,17-/m1/s1. The van der Waals surface area contributed by atoms with E-state index in [1.165, 1.54) is 25.1 Å². The largest absolute Gasteiger partial charge is 0.431 e. The fourth-order valence-electron chi connectivity index (χ4n) is 4.23. The highest BCUT2D eigenvalue weighted by Gasteiger charge is 2.57. The number of ether oxygens (including phenoxy) is 1. The number of nitrogens with two attached hydrogens (primary N) is 1. The van der Waals surface area contributed by atoms with Gasteiger partial charge in [-0.2, -0.15) is 8.78 Å². The lowest BCUT2D eigenvalue weighted by Crippen LogP contribution is -2.25. The van der Waals surface area contributed by atoms with E-state index in [9.17, 15) is 8.78 Å². The van der Waals surface area contributed by atoms with Crippen LogP contribution in [0.5, 0.6) is 5.75 Å². The first-order valence-electron chi connectivity index (χ1n) is 9.05. The molecule has 1 unspecified atom stereocenters. The molecule has 3 rings (SSSR count). The summed E-state index contributed by atoms with van der Waals surface area (Å²) >= 11 is 0. The number of nitrogens with zero attached hydrogens (tertiary/aromatic N) is 1. The van der Waals surface area contributed by atoms with Crippen LogP contribution in [0.15, 0.2) is 24.0 Å². The van der Waals surface area contributed by atoms with Crippen LogP contribution in [0.25, 0.3) is 0 Å². The van der Waals surface area contributed by atoms with E-state index in [1.807, 2.05) is 0 Å². The van der Waals surface area contributed by atoms with Gasteiger partial charge in [0.25, 0.3) is 0 Å². The number of anilines is 1. The van der Waals surface area contributed by atoms with Gasteiger partial charge >= 0.3 is 6.61 Å². The highest BCUT2D eigenvalue weighted by molar-refractivity contribution is 6.07. The number of alkyl halides is 2. The van der Waals surface area contributed by atoms with E-state index in [-0.39, 0.29) is 23.3 Å². The van der Waals surface area contributed by atoms with Crippen LogP contribution in [0.1, 0.15) is 39.2 Å². The first kappa shape index (κ1) is 18.6. The summed E-state index contributed by atoms with van der Waals surface area (Å²) < 4.78 is 29.4. The number of hydrogen-bond acceptors (Lipinski definition) is 5. The fraction of sp³-hybridized carbons (Fsp3) is 0.579. The Balaban J connectivity index is 1.82. The van der Waals surface area contributed by atoms with E-state index in [2.05, 4.69) is 35.8 Å². The van der Waals surface area contributed by atoms with Crippen LogP contribution in [0.2, 0.25) is 0 Å². The van der Waals surface area contributed by atoms with Crippen LogP contribution >= 0.6 is 0 Å². The van der Waals surface area contributed by atoms with Crippen molar-refractivity contribution in [2.24, 2.45) is 23.7 Å². The van der Waals surface area contributed by atoms with Gasteiger partial charge in [-0.25, -0.2) is 4.98 Å². The van der Waals surface area contributed by atoms with Gasteiger partial charge in [0.15, 0.2) is 11.6 Å². The lowest BCUT2D eigenvalue weighted by atomic mass is 9.99. The van der Waals surface area contributed by atoms with E-state index in [0.717, 1.165) is 5.70 Å². The summed E-state index contributed by atoms with van der Waals surface area (Å²) in [4.78, 5) is 3.88. The van der Waals surface area contributed by atoms with Gasteiger partial charge in [0.1, 0.15) is 0 Å². The van der Waals surface area contributed by atoms with E-state index in [0.29, 0.717) is 29.2 Å². The molecule has 2 saturated carbocycles. The van der Waals surface area contributed by atoms with Crippen molar-refractivity contribution >= 4 is 11.5 Å². The Bertz CT molecular complexity index is 719. The Kier molecular flexibility index (Phi) is 5.16. The predicted molar refractivity (Wildman–Crippen MR) is 97.3 cm³/mol. The smallest absolute Gasteiger partial charge is 0.387 e. The molecule has 4 atom stereocenters. The van der Waals surface area contributed by atoms with Gasteiger partial charge in [0.2, 0.25) is 0 Å². The lowest BCUT2D eigenvalue weighted by molar-refractivity contribution is -0.0495. The van der Waals surface area contributed by atoms with Gasteiger partial charge in [-0.1, -0.05) is 13.3 Å². The van der Waals surface area contributed by atoms with Crippen molar-refractivity contribution in [1.82, 2.24) is 10.3 Å². The molecule has 2 aliphatic carbocycles. The van der Waals surface area contributed by atoms with Gasteiger partial charge in [-0.3, -0.25) is 0 Å². The normalized spacial score (nSPS) is 27.6. The Morgan fingerprint density at radius 3 is 2.73 bits per heavy atom. The molecule has 0 aliphatic heterocycles. The minimum atomic E-state index is -2.98. The van der Waals surface area contributed by atoms with Gasteiger partial charge in [-0.05, 0) is 50.2 Å². The molecule has 0 spiro atoms. The Morgan fingerprint density at radius 2 is 2.15 bits per heavy atom. The molecule has 1 aromatic rings. The second-order valence-electron chi connectivity index (χ2n) is 7.62. The molecule has 4 N–H and O–H groups in total. The number of aromatic nitrogens is 1. The third-order valence-corrected chi connectivity index (χ3v) is 5.36. The first-order chi connectivity index (χ1) is 12.3.